The highest BCUT2D eigenvalue weighted by molar-refractivity contribution is 7.92. The molecule has 0 amide bonds. The Bertz CT molecular complexity index is 943. The molecule has 0 radical (unpaired) electrons. The second-order valence-electron chi connectivity index (χ2n) is 6.07. The van der Waals surface area contributed by atoms with Crippen LogP contribution < -0.4 is 14.5 Å². The largest absolute Gasteiger partial charge is 0.372 e. The second-order valence-corrected chi connectivity index (χ2v) is 8.34. The summed E-state index contributed by atoms with van der Waals surface area (Å²) in [5, 5.41) is 3.58. The minimum absolute atomic E-state index is 0.254. The molecule has 0 atom stereocenters. The number of nitrogens with one attached hydrogen (secondary N) is 1. The molecule has 4 rings (SSSR count). The maximum absolute atomic E-state index is 13.3. The number of para-hydroxylation sites is 1. The molecule has 0 spiro atoms. The molecule has 7 heteroatoms. The van der Waals surface area contributed by atoms with Crippen LogP contribution in [0.2, 0.25) is 5.02 Å². The quantitative estimate of drug-likeness (QED) is 0.894. The molecule has 0 unspecified atom stereocenters. The third-order valence-corrected chi connectivity index (χ3v) is 6.65. The van der Waals surface area contributed by atoms with Crippen LogP contribution in [0, 0.1) is 0 Å². The second kappa shape index (κ2) is 6.28. The van der Waals surface area contributed by atoms with Crippen LogP contribution in [-0.4, -0.2) is 21.6 Å². The van der Waals surface area contributed by atoms with E-state index in [0.29, 0.717) is 23.9 Å². The SMILES string of the molecule is O=S(=O)(c1ccc(Cl)c(N2C=CNC2)c1)N1CCCc2ccccc21. The lowest BCUT2D eigenvalue weighted by Gasteiger charge is -2.30. The first kappa shape index (κ1) is 16.3. The zero-order valence-corrected chi connectivity index (χ0v) is 15.1. The molecule has 0 saturated heterocycles. The average molecular weight is 376 g/mol. The van der Waals surface area contributed by atoms with Crippen LogP contribution in [0.4, 0.5) is 11.4 Å². The highest BCUT2D eigenvalue weighted by Gasteiger charge is 2.29. The van der Waals surface area contributed by atoms with Gasteiger partial charge in [-0.2, -0.15) is 0 Å². The lowest BCUT2D eigenvalue weighted by atomic mass is 10.0. The molecule has 0 saturated carbocycles. The Morgan fingerprint density at radius 2 is 1.92 bits per heavy atom. The van der Waals surface area contributed by atoms with E-state index in [2.05, 4.69) is 5.32 Å². The summed E-state index contributed by atoms with van der Waals surface area (Å²) in [5.74, 6) is 0. The Balaban J connectivity index is 1.77. The minimum Gasteiger partial charge on any atom is -0.372 e. The monoisotopic (exact) mass is 375 g/mol. The van der Waals surface area contributed by atoms with Crippen LogP contribution in [0.3, 0.4) is 0 Å². The minimum atomic E-state index is -3.64. The van der Waals surface area contributed by atoms with Crippen molar-refractivity contribution >= 4 is 33.0 Å². The molecule has 5 nitrogen and oxygen atoms in total. The number of halogens is 1. The predicted octanol–water partition coefficient (Wildman–Crippen LogP) is 3.32. The number of benzene rings is 2. The third kappa shape index (κ3) is 2.85. The molecule has 2 aromatic rings. The van der Waals surface area contributed by atoms with Crippen LogP contribution in [0.25, 0.3) is 0 Å². The maximum atomic E-state index is 13.3. The van der Waals surface area contributed by atoms with Gasteiger partial charge in [0.05, 0.1) is 28.0 Å². The standard InChI is InChI=1S/C18H18ClN3O2S/c19-16-8-7-15(12-18(16)21-11-9-20-13-21)25(23,24)22-10-3-5-14-4-1-2-6-17(14)22/h1-2,4,6-9,11-12,20H,3,5,10,13H2. The van der Waals surface area contributed by atoms with E-state index in [-0.39, 0.29) is 4.90 Å². The Morgan fingerprint density at radius 3 is 2.72 bits per heavy atom. The van der Waals surface area contributed by atoms with E-state index in [0.717, 1.165) is 24.1 Å². The zero-order valence-electron chi connectivity index (χ0n) is 13.5. The van der Waals surface area contributed by atoms with Gasteiger partial charge in [-0.25, -0.2) is 8.42 Å². The molecule has 0 aliphatic carbocycles. The Labute approximate surface area is 152 Å². The van der Waals surface area contributed by atoms with E-state index < -0.39 is 10.0 Å². The molecule has 1 N–H and O–H groups in total. The number of anilines is 2. The molecule has 2 aliphatic heterocycles. The first-order chi connectivity index (χ1) is 12.1. The van der Waals surface area contributed by atoms with Crippen molar-refractivity contribution in [2.75, 3.05) is 22.4 Å². The summed E-state index contributed by atoms with van der Waals surface area (Å²) in [5.41, 5.74) is 2.51. The van der Waals surface area contributed by atoms with Crippen LogP contribution in [-0.2, 0) is 16.4 Å². The summed E-state index contributed by atoms with van der Waals surface area (Å²) in [4.78, 5) is 2.13. The van der Waals surface area contributed by atoms with Crippen molar-refractivity contribution in [2.45, 2.75) is 17.7 Å². The van der Waals surface area contributed by atoms with Gasteiger partial charge in [0.2, 0.25) is 0 Å². The summed E-state index contributed by atoms with van der Waals surface area (Å²) in [7, 11) is -3.64. The molecule has 0 aromatic heterocycles. The molecule has 130 valence electrons. The molecule has 0 bridgehead atoms. The zero-order chi connectivity index (χ0) is 17.4. The van der Waals surface area contributed by atoms with E-state index in [4.69, 9.17) is 11.6 Å². The van der Waals surface area contributed by atoms with Crippen molar-refractivity contribution in [3.05, 3.63) is 65.5 Å². The van der Waals surface area contributed by atoms with Gasteiger partial charge in [0.1, 0.15) is 0 Å². The fourth-order valence-electron chi connectivity index (χ4n) is 3.26. The number of sulfonamides is 1. The van der Waals surface area contributed by atoms with Gasteiger partial charge in [0, 0.05) is 18.9 Å². The Kier molecular flexibility index (Phi) is 4.09. The summed E-state index contributed by atoms with van der Waals surface area (Å²) in [6, 6.07) is 12.5. The molecule has 2 aliphatic rings. The lowest BCUT2D eigenvalue weighted by molar-refractivity contribution is 0.586. The van der Waals surface area contributed by atoms with E-state index in [1.807, 2.05) is 35.4 Å². The van der Waals surface area contributed by atoms with Crippen LogP contribution in [0.1, 0.15) is 12.0 Å². The molecule has 25 heavy (non-hydrogen) atoms. The summed E-state index contributed by atoms with van der Waals surface area (Å²) in [6.07, 6.45) is 5.36. The molecular weight excluding hydrogens is 358 g/mol. The van der Waals surface area contributed by atoms with Gasteiger partial charge in [-0.15, -0.1) is 0 Å². The van der Waals surface area contributed by atoms with Gasteiger partial charge in [-0.3, -0.25) is 4.31 Å². The first-order valence-corrected chi connectivity index (χ1v) is 9.96. The van der Waals surface area contributed by atoms with E-state index in [1.54, 1.807) is 24.4 Å². The van der Waals surface area contributed by atoms with Crippen molar-refractivity contribution in [3.8, 4) is 0 Å². The number of aryl methyl sites for hydroxylation is 1. The van der Waals surface area contributed by atoms with Gasteiger partial charge in [0.25, 0.3) is 10.0 Å². The van der Waals surface area contributed by atoms with Crippen molar-refractivity contribution < 1.29 is 8.42 Å². The van der Waals surface area contributed by atoms with Crippen molar-refractivity contribution in [2.24, 2.45) is 0 Å². The average Bonchev–Trinajstić information content (AvgIpc) is 3.16. The highest BCUT2D eigenvalue weighted by Crippen LogP contribution is 2.35. The summed E-state index contributed by atoms with van der Waals surface area (Å²) >= 11 is 6.28. The van der Waals surface area contributed by atoms with Crippen LogP contribution in [0.5, 0.6) is 0 Å². The molecule has 0 fully saturated rings. The van der Waals surface area contributed by atoms with E-state index in [9.17, 15) is 8.42 Å². The van der Waals surface area contributed by atoms with Crippen LogP contribution in [0.15, 0.2) is 59.8 Å². The topological polar surface area (TPSA) is 52.7 Å². The molecular formula is C18H18ClN3O2S. The first-order valence-electron chi connectivity index (χ1n) is 8.14. The van der Waals surface area contributed by atoms with Crippen molar-refractivity contribution in [3.63, 3.8) is 0 Å². The van der Waals surface area contributed by atoms with E-state index >= 15 is 0 Å². The maximum Gasteiger partial charge on any atom is 0.264 e. The smallest absolute Gasteiger partial charge is 0.264 e. The Morgan fingerprint density at radius 1 is 1.08 bits per heavy atom. The van der Waals surface area contributed by atoms with Crippen molar-refractivity contribution in [1.29, 1.82) is 0 Å². The van der Waals surface area contributed by atoms with Crippen molar-refractivity contribution in [1.82, 2.24) is 5.32 Å². The number of hydrogen-bond donors (Lipinski definition) is 1. The van der Waals surface area contributed by atoms with E-state index in [1.165, 1.54) is 4.31 Å². The number of hydrogen-bond acceptors (Lipinski definition) is 4. The normalized spacial score (nSPS) is 16.7. The summed E-state index contributed by atoms with van der Waals surface area (Å²) < 4.78 is 28.0. The lowest BCUT2D eigenvalue weighted by Crippen LogP contribution is -2.35. The predicted molar refractivity (Wildman–Crippen MR) is 100 cm³/mol. The number of nitrogens with zero attached hydrogens (tertiary/aromatic N) is 2. The third-order valence-electron chi connectivity index (χ3n) is 4.52. The van der Waals surface area contributed by atoms with Gasteiger partial charge in [-0.05, 0) is 42.7 Å². The number of fused-ring (bicyclic) bond motifs is 1. The van der Waals surface area contributed by atoms with Gasteiger partial charge in [-0.1, -0.05) is 29.8 Å². The molecule has 2 aromatic carbocycles. The fourth-order valence-corrected chi connectivity index (χ4v) is 5.05. The Hall–Kier alpha value is -2.18. The van der Waals surface area contributed by atoms with Crippen LogP contribution >= 0.6 is 11.6 Å². The number of rotatable bonds is 3. The fraction of sp³-hybridized carbons (Fsp3) is 0.222. The highest BCUT2D eigenvalue weighted by atomic mass is 35.5. The molecule has 2 heterocycles. The summed E-state index contributed by atoms with van der Waals surface area (Å²) in [6.45, 7) is 1.05. The van der Waals surface area contributed by atoms with Gasteiger partial charge < -0.3 is 10.2 Å². The van der Waals surface area contributed by atoms with Gasteiger partial charge >= 0.3 is 0 Å². The van der Waals surface area contributed by atoms with Gasteiger partial charge in [0.15, 0.2) is 0 Å².